The lowest BCUT2D eigenvalue weighted by molar-refractivity contribution is -0.161. The van der Waals surface area contributed by atoms with E-state index in [0.29, 0.717) is 17.3 Å². The summed E-state index contributed by atoms with van der Waals surface area (Å²) in [7, 11) is 0.323. The van der Waals surface area contributed by atoms with Crippen molar-refractivity contribution in [3.63, 3.8) is 0 Å². The third-order valence-electron chi connectivity index (χ3n) is 5.07. The largest absolute Gasteiger partial charge is 0.477 e. The van der Waals surface area contributed by atoms with Crippen LogP contribution in [0, 0.1) is 5.92 Å². The average Bonchev–Trinajstić information content (AvgIpc) is 3.18. The zero-order valence-electron chi connectivity index (χ0n) is 15.1. The van der Waals surface area contributed by atoms with E-state index in [4.69, 9.17) is 0 Å². The molecule has 0 radical (unpaired) electrons. The van der Waals surface area contributed by atoms with Crippen molar-refractivity contribution >= 4 is 46.3 Å². The molecule has 1 fully saturated rings. The number of fused-ring (bicyclic) bond motifs is 1. The van der Waals surface area contributed by atoms with E-state index in [9.17, 15) is 19.8 Å². The van der Waals surface area contributed by atoms with Crippen molar-refractivity contribution in [1.29, 1.82) is 0 Å². The Hall–Kier alpha value is -0.570. The van der Waals surface area contributed by atoms with Crippen molar-refractivity contribution in [3.8, 4) is 0 Å². The summed E-state index contributed by atoms with van der Waals surface area (Å²) in [6, 6.07) is -0.178. The number of rotatable bonds is 9. The minimum Gasteiger partial charge on any atom is -0.477 e. The Balaban J connectivity index is 1.50. The van der Waals surface area contributed by atoms with Crippen LogP contribution < -0.4 is 0 Å². The normalized spacial score (nSPS) is 27.3. The Morgan fingerprint density at radius 1 is 1.50 bits per heavy atom. The first-order chi connectivity index (χ1) is 12.4. The number of β-lactam (4-membered cyclic amide) rings is 1. The fourth-order valence-corrected chi connectivity index (χ4v) is 7.90. The van der Waals surface area contributed by atoms with Crippen molar-refractivity contribution in [3.05, 3.63) is 21.6 Å². The molecule has 26 heavy (non-hydrogen) atoms. The maximum Gasteiger partial charge on any atom is 0.353 e. The van der Waals surface area contributed by atoms with Crippen molar-refractivity contribution in [1.82, 2.24) is 4.90 Å². The van der Waals surface area contributed by atoms with Gasteiger partial charge >= 0.3 is 5.97 Å². The zero-order chi connectivity index (χ0) is 18.8. The summed E-state index contributed by atoms with van der Waals surface area (Å²) in [6.07, 6.45) is 6.82. The molecular weight excluding hydrogens is 390 g/mol. The van der Waals surface area contributed by atoms with Gasteiger partial charge in [0.25, 0.3) is 0 Å². The Kier molecular flexibility index (Phi) is 6.69. The lowest BCUT2D eigenvalue weighted by Gasteiger charge is -2.44. The molecule has 4 atom stereocenters. The van der Waals surface area contributed by atoms with Crippen LogP contribution in [0.25, 0.3) is 0 Å². The van der Waals surface area contributed by atoms with E-state index in [0.717, 1.165) is 16.4 Å². The molecule has 8 heteroatoms. The summed E-state index contributed by atoms with van der Waals surface area (Å²) in [5, 5.41) is 19.3. The standard InChI is InChI=1S/C18H25NO4S3/c1-11(20)15-13-10-14(16(18(22)23)19(13)17(15)21)25-7-9-26(2)8-5-12-4-3-6-24-12/h4,11,13,15,20H,3,5-10H2,1-2H3/p+1/t11-,13?,15?,26?/m1/s1. The summed E-state index contributed by atoms with van der Waals surface area (Å²) in [4.78, 5) is 27.5. The van der Waals surface area contributed by atoms with E-state index in [1.807, 2.05) is 11.8 Å². The fraction of sp³-hybridized carbons (Fsp3) is 0.667. The first kappa shape index (κ1) is 20.2. The van der Waals surface area contributed by atoms with Gasteiger partial charge < -0.3 is 15.1 Å². The van der Waals surface area contributed by atoms with E-state index >= 15 is 0 Å². The predicted octanol–water partition coefficient (Wildman–Crippen LogP) is 2.29. The summed E-state index contributed by atoms with van der Waals surface area (Å²) in [5.74, 6) is 2.62. The molecule has 144 valence electrons. The molecule has 3 aliphatic heterocycles. The Morgan fingerprint density at radius 2 is 2.27 bits per heavy atom. The second-order valence-electron chi connectivity index (χ2n) is 6.92. The van der Waals surface area contributed by atoms with E-state index in [1.54, 1.807) is 18.7 Å². The van der Waals surface area contributed by atoms with Gasteiger partial charge in [0.15, 0.2) is 0 Å². The highest BCUT2D eigenvalue weighted by atomic mass is 32.2. The second kappa shape index (κ2) is 8.63. The number of hydrogen-bond donors (Lipinski definition) is 2. The molecule has 1 amide bonds. The highest BCUT2D eigenvalue weighted by Gasteiger charge is 2.56. The molecule has 3 aliphatic rings. The minimum absolute atomic E-state index is 0.144. The maximum atomic E-state index is 12.2. The third-order valence-corrected chi connectivity index (χ3v) is 9.43. The lowest BCUT2D eigenvalue weighted by atomic mass is 9.83. The van der Waals surface area contributed by atoms with Gasteiger partial charge in [-0.3, -0.25) is 4.79 Å². The van der Waals surface area contributed by atoms with Gasteiger partial charge in [0.2, 0.25) is 5.91 Å². The Labute approximate surface area is 166 Å². The van der Waals surface area contributed by atoms with Crippen LogP contribution in [0.15, 0.2) is 21.6 Å². The van der Waals surface area contributed by atoms with Gasteiger partial charge in [-0.15, -0.1) is 23.5 Å². The van der Waals surface area contributed by atoms with Crippen molar-refractivity contribution in [2.75, 3.05) is 29.3 Å². The molecule has 2 N–H and O–H groups in total. The molecule has 0 aliphatic carbocycles. The number of nitrogens with zero attached hydrogens (tertiary/aromatic N) is 1. The van der Waals surface area contributed by atoms with Gasteiger partial charge in [-0.05, 0) is 29.1 Å². The molecule has 0 aromatic heterocycles. The van der Waals surface area contributed by atoms with Gasteiger partial charge in [0.05, 0.1) is 24.3 Å². The Bertz CT molecular complexity index is 646. The maximum absolute atomic E-state index is 12.2. The SMILES string of the molecule is C[C@@H](O)C1C(=O)N2C(C(=O)O)=C(SCC[S+](C)CCC3=CCCS3)CC12. The average molecular weight is 417 g/mol. The van der Waals surface area contributed by atoms with E-state index in [2.05, 4.69) is 12.3 Å². The number of aliphatic hydroxyl groups is 1. The zero-order valence-corrected chi connectivity index (χ0v) is 17.6. The second-order valence-corrected chi connectivity index (χ2v) is 11.7. The number of carboxylic acids is 1. The van der Waals surface area contributed by atoms with Crippen LogP contribution in [0.3, 0.4) is 0 Å². The number of amides is 1. The van der Waals surface area contributed by atoms with Crippen LogP contribution in [0.5, 0.6) is 0 Å². The van der Waals surface area contributed by atoms with Crippen molar-refractivity contribution in [2.45, 2.75) is 38.3 Å². The predicted molar refractivity (Wildman–Crippen MR) is 110 cm³/mol. The van der Waals surface area contributed by atoms with Crippen molar-refractivity contribution in [2.24, 2.45) is 5.92 Å². The number of carbonyl (C=O) groups excluding carboxylic acids is 1. The molecule has 5 nitrogen and oxygen atoms in total. The van der Waals surface area contributed by atoms with Gasteiger partial charge in [0.1, 0.15) is 17.2 Å². The Morgan fingerprint density at radius 3 is 2.88 bits per heavy atom. The highest BCUT2D eigenvalue weighted by molar-refractivity contribution is 8.04. The number of aliphatic carboxylic acids is 1. The van der Waals surface area contributed by atoms with Gasteiger partial charge in [-0.1, -0.05) is 6.08 Å². The van der Waals surface area contributed by atoms with Crippen LogP contribution >= 0.6 is 23.5 Å². The monoisotopic (exact) mass is 416 g/mol. The molecular formula is C18H26NO4S3+. The molecule has 3 heterocycles. The summed E-state index contributed by atoms with van der Waals surface area (Å²) in [5.41, 5.74) is 0.144. The summed E-state index contributed by atoms with van der Waals surface area (Å²) < 4.78 is 0. The van der Waals surface area contributed by atoms with Gasteiger partial charge in [-0.25, -0.2) is 4.79 Å². The van der Waals surface area contributed by atoms with E-state index in [-0.39, 0.29) is 17.6 Å². The van der Waals surface area contributed by atoms with Crippen LogP contribution in [0.2, 0.25) is 0 Å². The number of hydrogen-bond acceptors (Lipinski definition) is 5. The van der Waals surface area contributed by atoms with Gasteiger partial charge in [-0.2, -0.15) is 0 Å². The van der Waals surface area contributed by atoms with Crippen molar-refractivity contribution < 1.29 is 19.8 Å². The third kappa shape index (κ3) is 4.13. The van der Waals surface area contributed by atoms with Crippen LogP contribution in [-0.2, 0) is 20.5 Å². The molecule has 3 unspecified atom stereocenters. The molecule has 0 saturated carbocycles. The van der Waals surface area contributed by atoms with Crippen LogP contribution in [0.4, 0.5) is 0 Å². The van der Waals surface area contributed by atoms with Crippen LogP contribution in [0.1, 0.15) is 26.2 Å². The molecule has 0 aromatic rings. The van der Waals surface area contributed by atoms with E-state index in [1.165, 1.54) is 34.2 Å². The summed E-state index contributed by atoms with van der Waals surface area (Å²) >= 11 is 3.55. The number of thioether (sulfide) groups is 2. The smallest absolute Gasteiger partial charge is 0.353 e. The fourth-order valence-electron chi connectivity index (χ4n) is 3.69. The molecule has 0 spiro atoms. The first-order valence-electron chi connectivity index (χ1n) is 8.91. The highest BCUT2D eigenvalue weighted by Crippen LogP contribution is 2.47. The molecule has 3 rings (SSSR count). The lowest BCUT2D eigenvalue weighted by Crippen LogP contribution is -2.61. The number of carbonyl (C=O) groups is 2. The molecule has 0 bridgehead atoms. The minimum atomic E-state index is -1.03. The topological polar surface area (TPSA) is 77.8 Å². The molecule has 0 aromatic carbocycles. The number of carboxylic acid groups (broad SMARTS) is 1. The van der Waals surface area contributed by atoms with Gasteiger partial charge in [0, 0.05) is 29.3 Å². The first-order valence-corrected chi connectivity index (χ1v) is 12.9. The number of aliphatic hydroxyl groups excluding tert-OH is 1. The number of allylic oxidation sites excluding steroid dienone is 2. The van der Waals surface area contributed by atoms with Crippen LogP contribution in [-0.4, -0.2) is 68.4 Å². The quantitative estimate of drug-likeness (QED) is 0.444. The summed E-state index contributed by atoms with van der Waals surface area (Å²) in [6.45, 7) is 1.60. The molecule has 1 saturated heterocycles. The van der Waals surface area contributed by atoms with E-state index < -0.39 is 18.0 Å².